The molecule has 0 aliphatic rings. The van der Waals surface area contributed by atoms with Crippen molar-refractivity contribution in [3.05, 3.63) is 0 Å². The third-order valence-corrected chi connectivity index (χ3v) is 20.3. The zero-order valence-electron chi connectivity index (χ0n) is 39.6. The lowest BCUT2D eigenvalue weighted by atomic mass is 10.2. The molecule has 0 aromatic heterocycles. The summed E-state index contributed by atoms with van der Waals surface area (Å²) in [5.74, 6) is 0. The summed E-state index contributed by atoms with van der Waals surface area (Å²) < 4.78 is 6.36. The van der Waals surface area contributed by atoms with Crippen LogP contribution in [0.3, 0.4) is 0 Å². The van der Waals surface area contributed by atoms with E-state index in [-0.39, 0.29) is 0 Å². The molecule has 0 aromatic carbocycles. The Morgan fingerprint density at radius 1 is 0.521 bits per heavy atom. The Hall–Kier alpha value is 0.877. The molecular weight excluding hydrogens is 640 g/mol. The normalized spacial score (nSPS) is 12.2. The summed E-state index contributed by atoms with van der Waals surface area (Å²) in [6, 6.07) is 2.81. The highest BCUT2D eigenvalue weighted by Gasteiger charge is 2.28. The Labute approximate surface area is 317 Å². The molecule has 0 N–H and O–H groups in total. The molecule has 0 saturated carbocycles. The van der Waals surface area contributed by atoms with Crippen molar-refractivity contribution in [1.29, 1.82) is 0 Å². The maximum atomic E-state index is 5.25. The quantitative estimate of drug-likeness (QED) is 0.112. The van der Waals surface area contributed by atoms with Crippen LogP contribution in [0.2, 0.25) is 24.2 Å². The van der Waals surface area contributed by atoms with Crippen molar-refractivity contribution < 1.29 is 9.22 Å². The van der Waals surface area contributed by atoms with Crippen LogP contribution >= 0.6 is 19.7 Å². The monoisotopic (exact) mass is 742 g/mol. The molecule has 0 rings (SSSR count). The van der Waals surface area contributed by atoms with E-state index in [1.54, 1.807) is 0 Å². The molecule has 0 spiro atoms. The summed E-state index contributed by atoms with van der Waals surface area (Å²) >= 11 is 2.01. The van der Waals surface area contributed by atoms with Crippen LogP contribution in [0.15, 0.2) is 0 Å². The molecule has 0 aliphatic heterocycles. The van der Waals surface area contributed by atoms with Crippen molar-refractivity contribution in [1.82, 2.24) is 4.90 Å². The topological polar surface area (TPSA) is 12.5 Å². The van der Waals surface area contributed by atoms with Gasteiger partial charge in [-0.05, 0) is 119 Å². The van der Waals surface area contributed by atoms with Gasteiger partial charge in [0.05, 0.1) is 46.5 Å². The van der Waals surface area contributed by atoms with Gasteiger partial charge in [0.25, 0.3) is 0 Å². The molecule has 0 saturated heterocycles. The Bertz CT molecular complexity index is 554. The molecule has 0 fully saturated rings. The van der Waals surface area contributed by atoms with Gasteiger partial charge in [0.1, 0.15) is 0 Å². The van der Waals surface area contributed by atoms with Gasteiger partial charge >= 0.3 is 0 Å². The maximum absolute atomic E-state index is 5.25. The molecule has 48 heavy (non-hydrogen) atoms. The SMILES string of the molecule is CC(C)N(C)C(C)C.CC(C)OC(C)C.CC(C)P(C)C(C)C.CC(C)SC(C)C.CC(C)[N+](C)(C)C(C)C.CC(C)[Si](C)(C)C(C)C. The minimum Gasteiger partial charge on any atom is -0.376 e. The molecule has 0 unspecified atom stereocenters. The highest BCUT2D eigenvalue weighted by molar-refractivity contribution is 8.00. The van der Waals surface area contributed by atoms with Gasteiger partial charge in [0.2, 0.25) is 0 Å². The first-order valence-corrected chi connectivity index (χ1v) is 25.7. The highest BCUT2D eigenvalue weighted by Crippen LogP contribution is 2.41. The second kappa shape index (κ2) is 32.5. The Morgan fingerprint density at radius 2 is 0.771 bits per heavy atom. The molecule has 0 aromatic rings. The van der Waals surface area contributed by atoms with Gasteiger partial charge in [-0.25, -0.2) is 0 Å². The fraction of sp³-hybridized carbons (Fsp3) is 1.00. The highest BCUT2D eigenvalue weighted by atomic mass is 32.2. The predicted octanol–water partition coefficient (Wildman–Crippen LogP) is 14.4. The van der Waals surface area contributed by atoms with Crippen molar-refractivity contribution in [2.75, 3.05) is 27.8 Å². The lowest BCUT2D eigenvalue weighted by molar-refractivity contribution is -0.931. The molecular formula is C42H102N2OPSSi+. The summed E-state index contributed by atoms with van der Waals surface area (Å²) in [5, 5.41) is 1.58. The van der Waals surface area contributed by atoms with Crippen LogP contribution in [0, 0.1) is 0 Å². The molecule has 0 bridgehead atoms. The second-order valence-corrected chi connectivity index (χ2v) is 29.6. The van der Waals surface area contributed by atoms with E-state index in [9.17, 15) is 0 Å². The third kappa shape index (κ3) is 41.3. The zero-order chi connectivity index (χ0) is 40.5. The van der Waals surface area contributed by atoms with Gasteiger partial charge in [-0.3, -0.25) is 0 Å². The number of hydrogen-bond acceptors (Lipinski definition) is 3. The van der Waals surface area contributed by atoms with E-state index in [1.165, 1.54) is 0 Å². The minimum atomic E-state index is -0.858. The number of rotatable bonds is 12. The molecule has 0 radical (unpaired) electrons. The first kappa shape index (κ1) is 60.9. The van der Waals surface area contributed by atoms with Crippen molar-refractivity contribution in [2.45, 2.75) is 249 Å². The Morgan fingerprint density at radius 3 is 0.771 bits per heavy atom. The predicted molar refractivity (Wildman–Crippen MR) is 240 cm³/mol. The van der Waals surface area contributed by atoms with E-state index in [4.69, 9.17) is 4.74 Å². The van der Waals surface area contributed by atoms with Gasteiger partial charge in [-0.2, -0.15) is 11.8 Å². The van der Waals surface area contributed by atoms with E-state index in [0.717, 1.165) is 49.5 Å². The molecule has 0 aliphatic carbocycles. The Balaban J connectivity index is -0.000000111. The van der Waals surface area contributed by atoms with Crippen molar-refractivity contribution in [3.8, 4) is 0 Å². The lowest BCUT2D eigenvalue weighted by Crippen LogP contribution is -2.50. The molecule has 0 atom stereocenters. The van der Waals surface area contributed by atoms with Crippen LogP contribution in [0.4, 0.5) is 0 Å². The standard InChI is InChI=1S/C8H20N.C8H20Si.C7H17N.C7H17P.C6H14O.C6H14S/c2*1-7(2)9(5,6)8(3)4;2*1-6(2)8(5)7(3)4;2*1-5(2)7-6(3)4/h2*7-8H,1-6H3;2*6-7H,1-5H3;2*5-6H,1-4H3/q+1;;;;;. The van der Waals surface area contributed by atoms with Crippen molar-refractivity contribution in [3.63, 3.8) is 0 Å². The largest absolute Gasteiger partial charge is 0.376 e. The summed E-state index contributed by atoms with van der Waals surface area (Å²) in [6.07, 6.45) is 0.750. The van der Waals surface area contributed by atoms with Crippen molar-refractivity contribution in [2.24, 2.45) is 0 Å². The van der Waals surface area contributed by atoms with Crippen LogP contribution < -0.4 is 0 Å². The number of nitrogens with zero attached hydrogens (tertiary/aromatic N) is 2. The average molecular weight is 742 g/mol. The summed E-state index contributed by atoms with van der Waals surface area (Å²) in [4.78, 5) is 2.33. The van der Waals surface area contributed by atoms with Gasteiger partial charge in [-0.15, -0.1) is 7.92 Å². The number of quaternary nitrogens is 1. The molecule has 0 amide bonds. The summed E-state index contributed by atoms with van der Waals surface area (Å²) in [5.41, 5.74) is 3.67. The van der Waals surface area contributed by atoms with Gasteiger partial charge < -0.3 is 14.1 Å². The number of thioether (sulfide) groups is 1. The lowest BCUT2D eigenvalue weighted by Gasteiger charge is -2.38. The van der Waals surface area contributed by atoms with E-state index < -0.39 is 8.07 Å². The molecule has 3 nitrogen and oxygen atoms in total. The number of hydrogen-bond donors (Lipinski definition) is 0. The second-order valence-electron chi connectivity index (χ2n) is 18.1. The Kier molecular flexibility index (Phi) is 41.3. The summed E-state index contributed by atoms with van der Waals surface area (Å²) in [6.45, 7) is 61.0. The van der Waals surface area contributed by atoms with Gasteiger partial charge in [-0.1, -0.05) is 107 Å². The molecule has 0 heterocycles. The van der Waals surface area contributed by atoms with E-state index in [1.807, 2.05) is 39.5 Å². The van der Waals surface area contributed by atoms with Gasteiger partial charge in [0.15, 0.2) is 0 Å². The number of ether oxygens (including phenoxy) is 1. The van der Waals surface area contributed by atoms with Crippen molar-refractivity contribution >= 4 is 27.8 Å². The van der Waals surface area contributed by atoms with E-state index in [0.29, 0.717) is 32.2 Å². The van der Waals surface area contributed by atoms with Gasteiger partial charge in [0, 0.05) is 12.1 Å². The van der Waals surface area contributed by atoms with Crippen LogP contribution in [0.1, 0.15) is 166 Å². The average Bonchev–Trinajstić information content (AvgIpc) is 2.87. The third-order valence-electron chi connectivity index (χ3n) is 9.98. The maximum Gasteiger partial charge on any atom is 0.0831 e. The van der Waals surface area contributed by atoms with E-state index in [2.05, 4.69) is 184 Å². The first-order valence-electron chi connectivity index (χ1n) is 19.7. The summed E-state index contributed by atoms with van der Waals surface area (Å²) in [7, 11) is 6.14. The molecule has 6 heteroatoms. The van der Waals surface area contributed by atoms with Crippen LogP contribution in [-0.4, -0.2) is 103 Å². The fourth-order valence-corrected chi connectivity index (χ4v) is 7.16. The fourth-order valence-electron chi connectivity index (χ4n) is 3.54. The smallest absolute Gasteiger partial charge is 0.0831 e. The minimum absolute atomic E-state index is 0.301. The van der Waals surface area contributed by atoms with Crippen LogP contribution in [0.5, 0.6) is 0 Å². The van der Waals surface area contributed by atoms with Crippen LogP contribution in [-0.2, 0) is 4.74 Å². The van der Waals surface area contributed by atoms with Crippen LogP contribution in [0.25, 0.3) is 0 Å². The van der Waals surface area contributed by atoms with E-state index >= 15 is 0 Å². The first-order chi connectivity index (χ1) is 21.1. The molecule has 300 valence electrons. The zero-order valence-corrected chi connectivity index (χ0v) is 42.3.